The molecule has 0 aliphatic heterocycles. The fourth-order valence-electron chi connectivity index (χ4n) is 2.69. The van der Waals surface area contributed by atoms with Gasteiger partial charge >= 0.3 is 0 Å². The van der Waals surface area contributed by atoms with Crippen molar-refractivity contribution in [2.24, 2.45) is 0 Å². The number of H-pyrrole nitrogens is 1. The van der Waals surface area contributed by atoms with Gasteiger partial charge < -0.3 is 24.5 Å². The van der Waals surface area contributed by atoms with Crippen molar-refractivity contribution in [1.82, 2.24) is 4.98 Å². The molecule has 0 saturated carbocycles. The Morgan fingerprint density at radius 2 is 1.70 bits per heavy atom. The number of aromatic amines is 1. The first-order valence-electron chi connectivity index (χ1n) is 7.35. The van der Waals surface area contributed by atoms with Gasteiger partial charge in [-0.2, -0.15) is 0 Å². The van der Waals surface area contributed by atoms with Crippen LogP contribution in [0.3, 0.4) is 0 Å². The van der Waals surface area contributed by atoms with Crippen LogP contribution in [0.15, 0.2) is 42.6 Å². The number of methoxy groups -OCH3 is 3. The van der Waals surface area contributed by atoms with E-state index in [2.05, 4.69) is 28.5 Å². The molecule has 3 aromatic rings. The number of hydrogen-bond donors (Lipinski definition) is 2. The first kappa shape index (κ1) is 15.1. The minimum absolute atomic E-state index is 0.591. The summed E-state index contributed by atoms with van der Waals surface area (Å²) in [6.45, 7) is 0.702. The number of ether oxygens (including phenoxy) is 3. The Hall–Kier alpha value is -2.82. The molecule has 2 N–H and O–H groups in total. The van der Waals surface area contributed by atoms with E-state index < -0.39 is 0 Å². The number of fused-ring (bicyclic) bond motifs is 1. The number of aromatic nitrogens is 1. The summed E-state index contributed by atoms with van der Waals surface area (Å²) in [6.07, 6.45) is 1.95. The van der Waals surface area contributed by atoms with Gasteiger partial charge in [-0.25, -0.2) is 0 Å². The normalized spacial score (nSPS) is 10.6. The Kier molecular flexibility index (Phi) is 4.28. The molecule has 3 rings (SSSR count). The quantitative estimate of drug-likeness (QED) is 0.727. The summed E-state index contributed by atoms with van der Waals surface area (Å²) in [5.74, 6) is 1.86. The first-order valence-corrected chi connectivity index (χ1v) is 7.35. The first-order chi connectivity index (χ1) is 11.3. The van der Waals surface area contributed by atoms with E-state index in [-0.39, 0.29) is 0 Å². The molecule has 5 nitrogen and oxygen atoms in total. The SMILES string of the molecule is COc1cc(NCc2cccc3[nH]ccc23)cc(OC)c1OC. The standard InChI is InChI=1S/C18H20N2O3/c1-21-16-9-13(10-17(22-2)18(16)23-3)20-11-12-5-4-6-15-14(12)7-8-19-15/h4-10,19-20H,11H2,1-3H3. The van der Waals surface area contributed by atoms with Crippen molar-refractivity contribution in [2.45, 2.75) is 6.54 Å². The van der Waals surface area contributed by atoms with Crippen LogP contribution in [0.4, 0.5) is 5.69 Å². The van der Waals surface area contributed by atoms with E-state index in [1.54, 1.807) is 21.3 Å². The summed E-state index contributed by atoms with van der Waals surface area (Å²) in [5.41, 5.74) is 3.26. The Bertz CT molecular complexity index is 786. The van der Waals surface area contributed by atoms with E-state index in [9.17, 15) is 0 Å². The Morgan fingerprint density at radius 3 is 2.35 bits per heavy atom. The lowest BCUT2D eigenvalue weighted by Gasteiger charge is -2.15. The van der Waals surface area contributed by atoms with Crippen molar-refractivity contribution in [1.29, 1.82) is 0 Å². The average molecular weight is 312 g/mol. The van der Waals surface area contributed by atoms with Gasteiger partial charge in [-0.15, -0.1) is 0 Å². The third kappa shape index (κ3) is 2.90. The van der Waals surface area contributed by atoms with Crippen LogP contribution >= 0.6 is 0 Å². The maximum Gasteiger partial charge on any atom is 0.203 e. The van der Waals surface area contributed by atoms with Crippen molar-refractivity contribution in [3.8, 4) is 17.2 Å². The minimum atomic E-state index is 0.591. The molecule has 0 saturated heterocycles. The van der Waals surface area contributed by atoms with Crippen LogP contribution in [0.25, 0.3) is 10.9 Å². The molecule has 23 heavy (non-hydrogen) atoms. The van der Waals surface area contributed by atoms with E-state index >= 15 is 0 Å². The lowest BCUT2D eigenvalue weighted by Crippen LogP contribution is -2.02. The monoisotopic (exact) mass is 312 g/mol. The molecule has 0 atom stereocenters. The average Bonchev–Trinajstić information content (AvgIpc) is 3.08. The van der Waals surface area contributed by atoms with Gasteiger partial charge in [-0.3, -0.25) is 0 Å². The van der Waals surface area contributed by atoms with Crippen LogP contribution < -0.4 is 19.5 Å². The van der Waals surface area contributed by atoms with E-state index in [0.717, 1.165) is 11.2 Å². The van der Waals surface area contributed by atoms with Crippen molar-refractivity contribution < 1.29 is 14.2 Å². The van der Waals surface area contributed by atoms with Crippen LogP contribution in [0.5, 0.6) is 17.2 Å². The molecule has 0 unspecified atom stereocenters. The van der Waals surface area contributed by atoms with Gasteiger partial charge in [-0.1, -0.05) is 12.1 Å². The van der Waals surface area contributed by atoms with Gasteiger partial charge in [0.1, 0.15) is 0 Å². The fourth-order valence-corrected chi connectivity index (χ4v) is 2.69. The molecule has 0 fully saturated rings. The number of nitrogens with one attached hydrogen (secondary N) is 2. The predicted octanol–water partition coefficient (Wildman–Crippen LogP) is 3.81. The number of rotatable bonds is 6. The molecule has 1 aromatic heterocycles. The topological polar surface area (TPSA) is 55.5 Å². The summed E-state index contributed by atoms with van der Waals surface area (Å²) < 4.78 is 16.1. The van der Waals surface area contributed by atoms with Crippen molar-refractivity contribution in [3.63, 3.8) is 0 Å². The molecule has 0 amide bonds. The second-order valence-corrected chi connectivity index (χ2v) is 5.12. The Balaban J connectivity index is 1.87. The summed E-state index contributed by atoms with van der Waals surface area (Å²) in [4.78, 5) is 3.23. The molecule has 0 radical (unpaired) electrons. The van der Waals surface area contributed by atoms with Crippen LogP contribution in [-0.2, 0) is 6.54 Å². The number of anilines is 1. The van der Waals surface area contributed by atoms with Crippen molar-refractivity contribution in [3.05, 3.63) is 48.2 Å². The Labute approximate surface area is 135 Å². The second-order valence-electron chi connectivity index (χ2n) is 5.12. The van der Waals surface area contributed by atoms with Crippen LogP contribution in [-0.4, -0.2) is 26.3 Å². The van der Waals surface area contributed by atoms with Crippen molar-refractivity contribution in [2.75, 3.05) is 26.6 Å². The summed E-state index contributed by atoms with van der Waals surface area (Å²) in [7, 11) is 4.82. The predicted molar refractivity (Wildman–Crippen MR) is 91.7 cm³/mol. The third-order valence-corrected chi connectivity index (χ3v) is 3.83. The smallest absolute Gasteiger partial charge is 0.203 e. The highest BCUT2D eigenvalue weighted by molar-refractivity contribution is 5.83. The molecule has 0 aliphatic carbocycles. The van der Waals surface area contributed by atoms with Gasteiger partial charge in [0.25, 0.3) is 0 Å². The lowest BCUT2D eigenvalue weighted by atomic mass is 10.1. The summed E-state index contributed by atoms with van der Waals surface area (Å²) in [6, 6.07) is 12.1. The number of benzene rings is 2. The van der Waals surface area contributed by atoms with E-state index in [1.165, 1.54) is 10.9 Å². The lowest BCUT2D eigenvalue weighted by molar-refractivity contribution is 0.324. The van der Waals surface area contributed by atoms with Gasteiger partial charge in [0, 0.05) is 41.5 Å². The summed E-state index contributed by atoms with van der Waals surface area (Å²) >= 11 is 0. The highest BCUT2D eigenvalue weighted by atomic mass is 16.5. The fraction of sp³-hybridized carbons (Fsp3) is 0.222. The molecular formula is C18H20N2O3. The molecule has 120 valence electrons. The maximum absolute atomic E-state index is 5.38. The van der Waals surface area contributed by atoms with E-state index in [1.807, 2.05) is 24.4 Å². The minimum Gasteiger partial charge on any atom is -0.493 e. The van der Waals surface area contributed by atoms with Gasteiger partial charge in [0.05, 0.1) is 21.3 Å². The molecule has 2 aromatic carbocycles. The highest BCUT2D eigenvalue weighted by Crippen LogP contribution is 2.40. The zero-order valence-electron chi connectivity index (χ0n) is 13.5. The zero-order valence-corrected chi connectivity index (χ0v) is 13.5. The van der Waals surface area contributed by atoms with Crippen molar-refractivity contribution >= 4 is 16.6 Å². The molecular weight excluding hydrogens is 292 g/mol. The second kappa shape index (κ2) is 6.52. The Morgan fingerprint density at radius 1 is 0.957 bits per heavy atom. The van der Waals surface area contributed by atoms with Gasteiger partial charge in [0.2, 0.25) is 5.75 Å². The summed E-state index contributed by atoms with van der Waals surface area (Å²) in [5, 5.41) is 4.63. The molecule has 0 bridgehead atoms. The molecule has 0 spiro atoms. The zero-order chi connectivity index (χ0) is 16.2. The van der Waals surface area contributed by atoms with Crippen LogP contribution in [0.2, 0.25) is 0 Å². The van der Waals surface area contributed by atoms with Gasteiger partial charge in [0.15, 0.2) is 11.5 Å². The molecule has 1 heterocycles. The van der Waals surface area contributed by atoms with E-state index in [4.69, 9.17) is 14.2 Å². The van der Waals surface area contributed by atoms with Gasteiger partial charge in [-0.05, 0) is 17.7 Å². The highest BCUT2D eigenvalue weighted by Gasteiger charge is 2.13. The van der Waals surface area contributed by atoms with Crippen LogP contribution in [0.1, 0.15) is 5.56 Å². The molecule has 5 heteroatoms. The number of hydrogen-bond acceptors (Lipinski definition) is 4. The molecule has 0 aliphatic rings. The third-order valence-electron chi connectivity index (χ3n) is 3.83. The van der Waals surface area contributed by atoms with E-state index in [0.29, 0.717) is 23.8 Å². The maximum atomic E-state index is 5.38. The largest absolute Gasteiger partial charge is 0.493 e. The van der Waals surface area contributed by atoms with Crippen LogP contribution in [0, 0.1) is 0 Å².